The fraction of sp³-hybridized carbons (Fsp3) is 0.353. The van der Waals surface area contributed by atoms with E-state index in [1.54, 1.807) is 23.1 Å². The molecule has 0 saturated carbocycles. The van der Waals surface area contributed by atoms with Gasteiger partial charge in [0.2, 0.25) is 0 Å². The van der Waals surface area contributed by atoms with E-state index < -0.39 is 6.09 Å². The van der Waals surface area contributed by atoms with Crippen molar-refractivity contribution in [2.45, 2.75) is 13.0 Å². The van der Waals surface area contributed by atoms with Gasteiger partial charge in [-0.25, -0.2) is 9.78 Å². The third-order valence-electron chi connectivity index (χ3n) is 4.05. The first-order valence-corrected chi connectivity index (χ1v) is 8.72. The number of rotatable bonds is 4. The van der Waals surface area contributed by atoms with E-state index in [1.165, 1.54) is 32.7 Å². The van der Waals surface area contributed by atoms with Crippen LogP contribution in [0.4, 0.5) is 9.93 Å². The molecule has 0 spiro atoms. The fourth-order valence-corrected chi connectivity index (χ4v) is 3.80. The Bertz CT molecular complexity index is 836. The highest BCUT2D eigenvalue weighted by Gasteiger charge is 2.27. The topological polar surface area (TPSA) is 90.0 Å². The Hall–Kier alpha value is -2.81. The minimum atomic E-state index is -0.565. The van der Waals surface area contributed by atoms with Gasteiger partial charge in [0, 0.05) is 17.8 Å². The van der Waals surface area contributed by atoms with E-state index in [0.29, 0.717) is 41.7 Å². The molecule has 1 aliphatic rings. The molecule has 8 nitrogen and oxygen atoms in total. The van der Waals surface area contributed by atoms with Crippen LogP contribution in [-0.2, 0) is 17.7 Å². The molecule has 1 N–H and O–H groups in total. The van der Waals surface area contributed by atoms with Crippen molar-refractivity contribution in [2.24, 2.45) is 0 Å². The van der Waals surface area contributed by atoms with Gasteiger partial charge in [-0.05, 0) is 12.1 Å². The van der Waals surface area contributed by atoms with Gasteiger partial charge in [-0.1, -0.05) is 17.4 Å². The van der Waals surface area contributed by atoms with Gasteiger partial charge in [0.25, 0.3) is 5.91 Å². The van der Waals surface area contributed by atoms with Crippen LogP contribution in [-0.4, -0.2) is 49.8 Å². The maximum atomic E-state index is 13.0. The number of carbonyl (C=O) groups excluding carboxylic acids is 2. The van der Waals surface area contributed by atoms with Crippen LogP contribution in [0.2, 0.25) is 0 Å². The number of anilines is 1. The molecule has 0 unspecified atom stereocenters. The molecule has 26 heavy (non-hydrogen) atoms. The van der Waals surface area contributed by atoms with E-state index in [4.69, 9.17) is 9.47 Å². The number of methoxy groups -OCH3 is 3. The highest BCUT2D eigenvalue weighted by atomic mass is 32.1. The Balaban J connectivity index is 1.80. The molecule has 0 atom stereocenters. The van der Waals surface area contributed by atoms with E-state index in [0.717, 1.165) is 10.6 Å². The molecule has 0 aliphatic carbocycles. The Morgan fingerprint density at radius 1 is 1.23 bits per heavy atom. The number of amides is 2. The molecule has 138 valence electrons. The lowest BCUT2D eigenvalue weighted by Gasteiger charge is -2.27. The van der Waals surface area contributed by atoms with Crippen LogP contribution in [0.1, 0.15) is 20.9 Å². The van der Waals surface area contributed by atoms with Crippen molar-refractivity contribution in [1.82, 2.24) is 9.88 Å². The van der Waals surface area contributed by atoms with Crippen LogP contribution < -0.4 is 14.8 Å². The molecule has 2 aromatic rings. The minimum absolute atomic E-state index is 0.137. The van der Waals surface area contributed by atoms with Gasteiger partial charge in [0.05, 0.1) is 39.1 Å². The Morgan fingerprint density at radius 2 is 2.04 bits per heavy atom. The van der Waals surface area contributed by atoms with Crippen molar-refractivity contribution in [2.75, 3.05) is 33.2 Å². The average Bonchev–Trinajstić information content (AvgIpc) is 3.07. The summed E-state index contributed by atoms with van der Waals surface area (Å²) in [6.07, 6.45) is 0.0531. The Kier molecular flexibility index (Phi) is 5.27. The first-order valence-electron chi connectivity index (χ1n) is 7.91. The summed E-state index contributed by atoms with van der Waals surface area (Å²) in [6.45, 7) is 0.961. The summed E-state index contributed by atoms with van der Waals surface area (Å²) in [5, 5.41) is 3.03. The average molecular weight is 377 g/mol. The van der Waals surface area contributed by atoms with Gasteiger partial charge in [0.1, 0.15) is 0 Å². The van der Waals surface area contributed by atoms with E-state index >= 15 is 0 Å². The first kappa shape index (κ1) is 18.0. The number of nitrogens with one attached hydrogen (secondary N) is 1. The number of hydrogen-bond acceptors (Lipinski definition) is 7. The SMILES string of the molecule is COC(=O)Nc1nc2c(s1)CN(C(=O)c1cccc(OC)c1OC)CC2. The normalized spacial score (nSPS) is 13.0. The van der Waals surface area contributed by atoms with Gasteiger partial charge in [-0.2, -0.15) is 0 Å². The van der Waals surface area contributed by atoms with E-state index in [-0.39, 0.29) is 5.91 Å². The third kappa shape index (κ3) is 3.43. The van der Waals surface area contributed by atoms with Crippen LogP contribution >= 0.6 is 11.3 Å². The molecule has 2 amide bonds. The van der Waals surface area contributed by atoms with Crippen LogP contribution in [0.25, 0.3) is 0 Å². The summed E-state index contributed by atoms with van der Waals surface area (Å²) < 4.78 is 15.2. The van der Waals surface area contributed by atoms with Crippen molar-refractivity contribution in [1.29, 1.82) is 0 Å². The number of ether oxygens (including phenoxy) is 3. The second kappa shape index (κ2) is 7.61. The lowest BCUT2D eigenvalue weighted by molar-refractivity contribution is 0.0732. The number of nitrogens with zero attached hydrogens (tertiary/aromatic N) is 2. The zero-order valence-electron chi connectivity index (χ0n) is 14.7. The fourth-order valence-electron chi connectivity index (χ4n) is 2.79. The van der Waals surface area contributed by atoms with Crippen LogP contribution in [0.3, 0.4) is 0 Å². The van der Waals surface area contributed by atoms with Gasteiger partial charge in [-0.15, -0.1) is 0 Å². The molecular weight excluding hydrogens is 358 g/mol. The third-order valence-corrected chi connectivity index (χ3v) is 5.04. The maximum Gasteiger partial charge on any atom is 0.413 e. The highest BCUT2D eigenvalue weighted by Crippen LogP contribution is 2.34. The van der Waals surface area contributed by atoms with E-state index in [2.05, 4.69) is 15.0 Å². The second-order valence-electron chi connectivity index (χ2n) is 5.52. The summed E-state index contributed by atoms with van der Waals surface area (Å²) in [7, 11) is 4.34. The zero-order valence-corrected chi connectivity index (χ0v) is 15.5. The standard InChI is InChI=1S/C17H19N3O5S/c1-23-12-6-4-5-10(14(12)24-2)15(21)20-8-7-11-13(9-20)26-16(18-11)19-17(22)25-3/h4-6H,7-9H2,1-3H3,(H,18,19,22). The van der Waals surface area contributed by atoms with E-state index in [1.807, 2.05) is 0 Å². The smallest absolute Gasteiger partial charge is 0.413 e. The number of para-hydroxylation sites is 1. The zero-order chi connectivity index (χ0) is 18.7. The summed E-state index contributed by atoms with van der Waals surface area (Å²) in [6, 6.07) is 5.23. The molecule has 9 heteroatoms. The lowest BCUT2D eigenvalue weighted by atomic mass is 10.1. The van der Waals surface area contributed by atoms with Crippen molar-refractivity contribution in [3.8, 4) is 11.5 Å². The van der Waals surface area contributed by atoms with Gasteiger partial charge in [0.15, 0.2) is 16.6 Å². The molecule has 2 heterocycles. The molecule has 1 aromatic carbocycles. The minimum Gasteiger partial charge on any atom is -0.493 e. The highest BCUT2D eigenvalue weighted by molar-refractivity contribution is 7.15. The number of carbonyl (C=O) groups is 2. The summed E-state index contributed by atoms with van der Waals surface area (Å²) in [4.78, 5) is 31.4. The number of thiazole rings is 1. The molecule has 0 fully saturated rings. The van der Waals surface area contributed by atoms with Crippen molar-refractivity contribution >= 4 is 28.5 Å². The molecule has 1 aromatic heterocycles. The monoisotopic (exact) mass is 377 g/mol. The van der Waals surface area contributed by atoms with Crippen LogP contribution in [0.15, 0.2) is 18.2 Å². The Morgan fingerprint density at radius 3 is 2.73 bits per heavy atom. The molecule has 0 radical (unpaired) electrons. The maximum absolute atomic E-state index is 13.0. The molecule has 3 rings (SSSR count). The van der Waals surface area contributed by atoms with Gasteiger partial charge < -0.3 is 19.1 Å². The summed E-state index contributed by atoms with van der Waals surface area (Å²) in [5.74, 6) is 0.795. The largest absolute Gasteiger partial charge is 0.493 e. The van der Waals surface area contributed by atoms with Crippen LogP contribution in [0, 0.1) is 0 Å². The number of fused-ring (bicyclic) bond motifs is 1. The van der Waals surface area contributed by atoms with Gasteiger partial charge in [-0.3, -0.25) is 10.1 Å². The van der Waals surface area contributed by atoms with Crippen molar-refractivity contribution in [3.63, 3.8) is 0 Å². The number of hydrogen-bond donors (Lipinski definition) is 1. The number of benzene rings is 1. The van der Waals surface area contributed by atoms with E-state index in [9.17, 15) is 9.59 Å². The quantitative estimate of drug-likeness (QED) is 0.881. The predicted molar refractivity (Wildman–Crippen MR) is 96.1 cm³/mol. The lowest BCUT2D eigenvalue weighted by Crippen LogP contribution is -2.35. The number of aromatic nitrogens is 1. The Labute approximate surface area is 154 Å². The molecule has 0 bridgehead atoms. The summed E-state index contributed by atoms with van der Waals surface area (Å²) in [5.41, 5.74) is 1.34. The molecule has 1 aliphatic heterocycles. The van der Waals surface area contributed by atoms with Crippen molar-refractivity contribution in [3.05, 3.63) is 34.3 Å². The predicted octanol–water partition coefficient (Wildman–Crippen LogP) is 2.54. The second-order valence-corrected chi connectivity index (χ2v) is 6.61. The first-order chi connectivity index (χ1) is 12.6. The van der Waals surface area contributed by atoms with Gasteiger partial charge >= 0.3 is 6.09 Å². The summed E-state index contributed by atoms with van der Waals surface area (Å²) >= 11 is 1.34. The molecule has 0 saturated heterocycles. The van der Waals surface area contributed by atoms with Crippen LogP contribution in [0.5, 0.6) is 11.5 Å². The molecular formula is C17H19N3O5S. The van der Waals surface area contributed by atoms with Crippen molar-refractivity contribution < 1.29 is 23.8 Å².